The molecule has 0 atom stereocenters. The molecule has 0 aromatic heterocycles. The molecule has 24 heavy (non-hydrogen) atoms. The summed E-state index contributed by atoms with van der Waals surface area (Å²) < 4.78 is 25.3. The Hall–Kier alpha value is -2.34. The van der Waals surface area contributed by atoms with E-state index in [1.54, 1.807) is 18.2 Å². The zero-order valence-electron chi connectivity index (χ0n) is 14.3. The van der Waals surface area contributed by atoms with Gasteiger partial charge in [0, 0.05) is 5.69 Å². The van der Waals surface area contributed by atoms with Crippen LogP contribution in [0.3, 0.4) is 0 Å². The Morgan fingerprint density at radius 3 is 2.17 bits per heavy atom. The largest absolute Gasteiger partial charge is 0.324 e. The van der Waals surface area contributed by atoms with Gasteiger partial charge in [0.05, 0.1) is 11.9 Å². The molecule has 1 N–H and O–H groups in total. The zero-order valence-corrected chi connectivity index (χ0v) is 15.1. The average Bonchev–Trinajstić information content (AvgIpc) is 2.42. The Morgan fingerprint density at radius 1 is 1.00 bits per heavy atom. The predicted octanol–water partition coefficient (Wildman–Crippen LogP) is 3.02. The van der Waals surface area contributed by atoms with Crippen molar-refractivity contribution in [2.45, 2.75) is 20.8 Å². The lowest BCUT2D eigenvalue weighted by Crippen LogP contribution is -2.37. The van der Waals surface area contributed by atoms with E-state index in [1.807, 2.05) is 45.0 Å². The van der Waals surface area contributed by atoms with Gasteiger partial charge in [-0.3, -0.25) is 9.10 Å². The number of hydrogen-bond donors (Lipinski definition) is 1. The highest BCUT2D eigenvalue weighted by atomic mass is 32.2. The number of carbonyl (C=O) groups excluding carboxylic acids is 1. The molecule has 1 amide bonds. The van der Waals surface area contributed by atoms with Crippen molar-refractivity contribution in [2.75, 3.05) is 22.4 Å². The topological polar surface area (TPSA) is 66.5 Å². The third-order valence-corrected chi connectivity index (χ3v) is 4.62. The highest BCUT2D eigenvalue weighted by molar-refractivity contribution is 7.92. The van der Waals surface area contributed by atoms with E-state index in [0.29, 0.717) is 11.4 Å². The van der Waals surface area contributed by atoms with Crippen LogP contribution in [0.4, 0.5) is 11.4 Å². The van der Waals surface area contributed by atoms with Gasteiger partial charge in [0.2, 0.25) is 15.9 Å². The van der Waals surface area contributed by atoms with Gasteiger partial charge in [-0.25, -0.2) is 8.42 Å². The molecule has 0 aliphatic heterocycles. The van der Waals surface area contributed by atoms with Crippen molar-refractivity contribution >= 4 is 27.3 Å². The fourth-order valence-electron chi connectivity index (χ4n) is 2.56. The monoisotopic (exact) mass is 346 g/mol. The maximum absolute atomic E-state index is 12.3. The molecule has 0 fully saturated rings. The van der Waals surface area contributed by atoms with Crippen molar-refractivity contribution < 1.29 is 13.2 Å². The van der Waals surface area contributed by atoms with Crippen molar-refractivity contribution in [3.8, 4) is 0 Å². The van der Waals surface area contributed by atoms with E-state index in [0.717, 1.165) is 27.3 Å². The molecule has 0 heterocycles. The number of carbonyl (C=O) groups is 1. The van der Waals surface area contributed by atoms with Gasteiger partial charge in [-0.15, -0.1) is 0 Å². The van der Waals surface area contributed by atoms with E-state index in [-0.39, 0.29) is 12.5 Å². The Labute approximate surface area is 143 Å². The summed E-state index contributed by atoms with van der Waals surface area (Å²) in [7, 11) is -3.57. The van der Waals surface area contributed by atoms with Crippen molar-refractivity contribution in [2.24, 2.45) is 0 Å². The Bertz CT molecular complexity index is 840. The van der Waals surface area contributed by atoms with Crippen molar-refractivity contribution in [1.29, 1.82) is 0 Å². The summed E-state index contributed by atoms with van der Waals surface area (Å²) >= 11 is 0. The molecule has 0 saturated heterocycles. The maximum Gasteiger partial charge on any atom is 0.245 e. The number of aryl methyl sites for hydroxylation is 3. The normalized spacial score (nSPS) is 11.2. The van der Waals surface area contributed by atoms with Crippen LogP contribution in [-0.4, -0.2) is 27.1 Å². The second-order valence-electron chi connectivity index (χ2n) is 6.03. The average molecular weight is 346 g/mol. The van der Waals surface area contributed by atoms with E-state index >= 15 is 0 Å². The van der Waals surface area contributed by atoms with Gasteiger partial charge < -0.3 is 5.32 Å². The van der Waals surface area contributed by atoms with Gasteiger partial charge >= 0.3 is 0 Å². The SMILES string of the molecule is Cc1cc(C)cc(NC(=O)CN(c2cccc(C)c2)S(C)(=O)=O)c1. The lowest BCUT2D eigenvalue weighted by Gasteiger charge is -2.22. The number of anilines is 2. The number of rotatable bonds is 5. The minimum Gasteiger partial charge on any atom is -0.324 e. The molecule has 0 aliphatic carbocycles. The van der Waals surface area contributed by atoms with Crippen molar-refractivity contribution in [3.05, 3.63) is 59.2 Å². The second-order valence-corrected chi connectivity index (χ2v) is 7.94. The van der Waals surface area contributed by atoms with Gasteiger partial charge in [-0.1, -0.05) is 18.2 Å². The van der Waals surface area contributed by atoms with Crippen LogP contribution in [0.1, 0.15) is 16.7 Å². The first-order valence-electron chi connectivity index (χ1n) is 7.58. The van der Waals surface area contributed by atoms with Gasteiger partial charge in [-0.05, 0) is 61.7 Å². The van der Waals surface area contributed by atoms with Gasteiger partial charge in [0.25, 0.3) is 0 Å². The van der Waals surface area contributed by atoms with Crippen LogP contribution in [0.2, 0.25) is 0 Å². The number of sulfonamides is 1. The quantitative estimate of drug-likeness (QED) is 0.905. The van der Waals surface area contributed by atoms with Crippen LogP contribution in [0, 0.1) is 20.8 Å². The number of amides is 1. The molecule has 0 radical (unpaired) electrons. The molecule has 0 aliphatic rings. The molecule has 0 bridgehead atoms. The molecular weight excluding hydrogens is 324 g/mol. The molecule has 128 valence electrons. The van der Waals surface area contributed by atoms with Crippen LogP contribution in [0.5, 0.6) is 0 Å². The van der Waals surface area contributed by atoms with E-state index in [2.05, 4.69) is 5.32 Å². The summed E-state index contributed by atoms with van der Waals surface area (Å²) in [4.78, 5) is 12.3. The minimum atomic E-state index is -3.57. The third-order valence-electron chi connectivity index (χ3n) is 3.48. The first-order chi connectivity index (χ1) is 11.1. The molecule has 6 heteroatoms. The van der Waals surface area contributed by atoms with Gasteiger partial charge in [0.15, 0.2) is 0 Å². The fourth-order valence-corrected chi connectivity index (χ4v) is 3.41. The third kappa shape index (κ3) is 4.83. The van der Waals surface area contributed by atoms with Crippen molar-refractivity contribution in [3.63, 3.8) is 0 Å². The molecule has 2 rings (SSSR count). The summed E-state index contributed by atoms with van der Waals surface area (Å²) in [6, 6.07) is 12.8. The van der Waals surface area contributed by atoms with Gasteiger partial charge in [0.1, 0.15) is 6.54 Å². The molecule has 0 spiro atoms. The Kier molecular flexibility index (Phi) is 5.29. The molecule has 2 aromatic carbocycles. The highest BCUT2D eigenvalue weighted by Gasteiger charge is 2.21. The van der Waals surface area contributed by atoms with Crippen LogP contribution < -0.4 is 9.62 Å². The number of nitrogens with zero attached hydrogens (tertiary/aromatic N) is 1. The van der Waals surface area contributed by atoms with E-state index in [9.17, 15) is 13.2 Å². The summed E-state index contributed by atoms with van der Waals surface area (Å²) in [5, 5.41) is 2.77. The molecular formula is C18H22N2O3S. The first kappa shape index (κ1) is 18.0. The van der Waals surface area contributed by atoms with Crippen LogP contribution in [0.25, 0.3) is 0 Å². The van der Waals surface area contributed by atoms with Crippen molar-refractivity contribution in [1.82, 2.24) is 0 Å². The highest BCUT2D eigenvalue weighted by Crippen LogP contribution is 2.19. The van der Waals surface area contributed by atoms with Crippen LogP contribution in [0.15, 0.2) is 42.5 Å². The minimum absolute atomic E-state index is 0.269. The molecule has 0 saturated carbocycles. The summed E-state index contributed by atoms with van der Waals surface area (Å²) in [6.07, 6.45) is 1.10. The predicted molar refractivity (Wildman–Crippen MR) is 97.9 cm³/mol. The smallest absolute Gasteiger partial charge is 0.245 e. The first-order valence-corrected chi connectivity index (χ1v) is 9.42. The summed E-state index contributed by atoms with van der Waals surface area (Å²) in [5.74, 6) is -0.382. The van der Waals surface area contributed by atoms with Gasteiger partial charge in [-0.2, -0.15) is 0 Å². The Balaban J connectivity index is 2.22. The number of benzene rings is 2. The molecule has 2 aromatic rings. The van der Waals surface area contributed by atoms with Crippen LogP contribution >= 0.6 is 0 Å². The Morgan fingerprint density at radius 2 is 1.62 bits per heavy atom. The number of nitrogens with one attached hydrogen (secondary N) is 1. The zero-order chi connectivity index (χ0) is 17.9. The van der Waals surface area contributed by atoms with Crippen LogP contribution in [-0.2, 0) is 14.8 Å². The standard InChI is InChI=1S/C18H22N2O3S/c1-13-6-5-7-17(11-13)20(24(4,22)23)12-18(21)19-16-9-14(2)8-15(3)10-16/h5-11H,12H2,1-4H3,(H,19,21). The number of hydrogen-bond acceptors (Lipinski definition) is 3. The lowest BCUT2D eigenvalue weighted by molar-refractivity contribution is -0.114. The fraction of sp³-hybridized carbons (Fsp3) is 0.278. The van der Waals surface area contributed by atoms with E-state index in [4.69, 9.17) is 0 Å². The lowest BCUT2D eigenvalue weighted by atomic mass is 10.1. The van der Waals surface area contributed by atoms with E-state index in [1.165, 1.54) is 0 Å². The molecule has 0 unspecified atom stereocenters. The maximum atomic E-state index is 12.3. The van der Waals surface area contributed by atoms with E-state index < -0.39 is 10.0 Å². The second kappa shape index (κ2) is 7.05. The summed E-state index contributed by atoms with van der Waals surface area (Å²) in [6.45, 7) is 5.49. The molecule has 5 nitrogen and oxygen atoms in total. The summed E-state index contributed by atoms with van der Waals surface area (Å²) in [5.41, 5.74) is 4.13.